The van der Waals surface area contributed by atoms with Crippen LogP contribution in [0.25, 0.3) is 0 Å². The van der Waals surface area contributed by atoms with Crippen molar-refractivity contribution < 1.29 is 19.6 Å². The summed E-state index contributed by atoms with van der Waals surface area (Å²) in [6.45, 7) is -0.394. The van der Waals surface area contributed by atoms with E-state index in [-0.39, 0.29) is 22.1 Å². The monoisotopic (exact) mass is 324 g/mol. The van der Waals surface area contributed by atoms with Crippen molar-refractivity contribution in [1.82, 2.24) is 9.78 Å². The molecule has 0 atom stereocenters. The number of amides is 1. The molecule has 0 aliphatic rings. The van der Waals surface area contributed by atoms with Crippen LogP contribution in [-0.4, -0.2) is 31.7 Å². The zero-order chi connectivity index (χ0) is 16.3. The van der Waals surface area contributed by atoms with Gasteiger partial charge in [-0.3, -0.25) is 24.4 Å². The number of aromatic nitrogens is 2. The topological polar surface area (TPSA) is 127 Å². The Morgan fingerprint density at radius 2 is 2.14 bits per heavy atom. The molecule has 0 fully saturated rings. The number of hydrogen-bond acceptors (Lipinski definition) is 5. The number of carboxylic acid groups (broad SMARTS) is 1. The van der Waals surface area contributed by atoms with Gasteiger partial charge in [0.15, 0.2) is 5.69 Å². The Balaban J connectivity index is 2.20. The third kappa shape index (κ3) is 3.58. The summed E-state index contributed by atoms with van der Waals surface area (Å²) in [6.07, 6.45) is 1.32. The van der Waals surface area contributed by atoms with Crippen LogP contribution in [0.1, 0.15) is 10.5 Å². The maximum Gasteiger partial charge on any atom is 0.325 e. The molecule has 0 spiro atoms. The molecular formula is C12H9ClN4O5. The van der Waals surface area contributed by atoms with Crippen LogP contribution in [0.4, 0.5) is 11.4 Å². The summed E-state index contributed by atoms with van der Waals surface area (Å²) in [7, 11) is 0. The second-order valence-electron chi connectivity index (χ2n) is 4.17. The van der Waals surface area contributed by atoms with Crippen molar-refractivity contribution in [3.63, 3.8) is 0 Å². The van der Waals surface area contributed by atoms with Crippen molar-refractivity contribution in [2.75, 3.05) is 5.32 Å². The molecule has 1 amide bonds. The van der Waals surface area contributed by atoms with Gasteiger partial charge in [0.1, 0.15) is 12.2 Å². The average molecular weight is 325 g/mol. The van der Waals surface area contributed by atoms with Crippen molar-refractivity contribution in [1.29, 1.82) is 0 Å². The van der Waals surface area contributed by atoms with E-state index in [0.29, 0.717) is 0 Å². The zero-order valence-corrected chi connectivity index (χ0v) is 11.6. The zero-order valence-electron chi connectivity index (χ0n) is 10.9. The summed E-state index contributed by atoms with van der Waals surface area (Å²) in [4.78, 5) is 32.8. The Bertz CT molecular complexity index is 758. The van der Waals surface area contributed by atoms with Gasteiger partial charge < -0.3 is 10.4 Å². The first kappa shape index (κ1) is 15.4. The van der Waals surface area contributed by atoms with Gasteiger partial charge >= 0.3 is 5.97 Å². The molecule has 1 aromatic heterocycles. The Morgan fingerprint density at radius 3 is 2.77 bits per heavy atom. The summed E-state index contributed by atoms with van der Waals surface area (Å²) < 4.78 is 1.06. The molecule has 114 valence electrons. The molecule has 0 saturated carbocycles. The summed E-state index contributed by atoms with van der Waals surface area (Å²) in [5.74, 6) is -1.81. The normalized spacial score (nSPS) is 10.2. The second-order valence-corrected chi connectivity index (χ2v) is 4.60. The fourth-order valence-corrected chi connectivity index (χ4v) is 1.82. The van der Waals surface area contributed by atoms with E-state index in [1.807, 2.05) is 0 Å². The van der Waals surface area contributed by atoms with E-state index in [1.165, 1.54) is 24.4 Å². The summed E-state index contributed by atoms with van der Waals surface area (Å²) >= 11 is 5.68. The van der Waals surface area contributed by atoms with Crippen LogP contribution in [0.2, 0.25) is 5.02 Å². The number of nitrogens with one attached hydrogen (secondary N) is 1. The standard InChI is InChI=1S/C12H9ClN4O5/c13-7-1-2-8(10(5-7)17(21)22)14-12(20)9-3-4-16(15-9)6-11(18)19/h1-5H,6H2,(H,14,20)(H,18,19). The van der Waals surface area contributed by atoms with Crippen molar-refractivity contribution >= 4 is 34.9 Å². The van der Waals surface area contributed by atoms with Crippen molar-refractivity contribution in [3.05, 3.63) is 51.3 Å². The SMILES string of the molecule is O=C(O)Cn1ccc(C(=O)Nc2ccc(Cl)cc2[N+](=O)[O-])n1. The van der Waals surface area contributed by atoms with E-state index < -0.39 is 23.3 Å². The first-order chi connectivity index (χ1) is 10.4. The number of carbonyl (C=O) groups excluding carboxylic acids is 1. The first-order valence-electron chi connectivity index (χ1n) is 5.87. The Kier molecular flexibility index (Phi) is 4.37. The lowest BCUT2D eigenvalue weighted by Gasteiger charge is -2.04. The molecule has 0 saturated heterocycles. The molecule has 2 aromatic rings. The third-order valence-corrected chi connectivity index (χ3v) is 2.81. The van der Waals surface area contributed by atoms with E-state index in [2.05, 4.69) is 10.4 Å². The lowest BCUT2D eigenvalue weighted by molar-refractivity contribution is -0.383. The fraction of sp³-hybridized carbons (Fsp3) is 0.0833. The van der Waals surface area contributed by atoms with Crippen LogP contribution >= 0.6 is 11.6 Å². The molecule has 9 nitrogen and oxygen atoms in total. The van der Waals surface area contributed by atoms with E-state index in [1.54, 1.807) is 0 Å². The molecule has 10 heteroatoms. The van der Waals surface area contributed by atoms with E-state index in [9.17, 15) is 19.7 Å². The summed E-state index contributed by atoms with van der Waals surface area (Å²) in [5.41, 5.74) is -0.455. The summed E-state index contributed by atoms with van der Waals surface area (Å²) in [5, 5.41) is 25.8. The largest absolute Gasteiger partial charge is 0.480 e. The van der Waals surface area contributed by atoms with Gasteiger partial charge in [0, 0.05) is 17.3 Å². The maximum absolute atomic E-state index is 12.0. The van der Waals surface area contributed by atoms with Gasteiger partial charge in [0.25, 0.3) is 11.6 Å². The highest BCUT2D eigenvalue weighted by atomic mass is 35.5. The van der Waals surface area contributed by atoms with E-state index >= 15 is 0 Å². The first-order valence-corrected chi connectivity index (χ1v) is 6.25. The van der Waals surface area contributed by atoms with E-state index in [4.69, 9.17) is 16.7 Å². The van der Waals surface area contributed by atoms with Crippen molar-refractivity contribution in [3.8, 4) is 0 Å². The van der Waals surface area contributed by atoms with Crippen LogP contribution < -0.4 is 5.32 Å². The van der Waals surface area contributed by atoms with Crippen LogP contribution in [0.5, 0.6) is 0 Å². The summed E-state index contributed by atoms with van der Waals surface area (Å²) in [6, 6.07) is 5.11. The molecule has 1 heterocycles. The highest BCUT2D eigenvalue weighted by Gasteiger charge is 2.18. The number of carbonyl (C=O) groups is 2. The average Bonchev–Trinajstić information content (AvgIpc) is 2.88. The molecule has 0 aliphatic heterocycles. The Labute approximate surface area is 128 Å². The lowest BCUT2D eigenvalue weighted by atomic mass is 10.2. The number of aliphatic carboxylic acids is 1. The second kappa shape index (κ2) is 6.22. The highest BCUT2D eigenvalue weighted by molar-refractivity contribution is 6.31. The number of halogens is 1. The number of rotatable bonds is 5. The van der Waals surface area contributed by atoms with Crippen molar-refractivity contribution in [2.24, 2.45) is 0 Å². The maximum atomic E-state index is 12.0. The fourth-order valence-electron chi connectivity index (χ4n) is 1.66. The molecular weight excluding hydrogens is 316 g/mol. The van der Waals surface area contributed by atoms with Crippen molar-refractivity contribution in [2.45, 2.75) is 6.54 Å². The number of benzene rings is 1. The minimum absolute atomic E-state index is 0.0350. The predicted octanol–water partition coefficient (Wildman–Crippen LogP) is 1.78. The molecule has 0 unspecified atom stereocenters. The predicted molar refractivity (Wildman–Crippen MR) is 75.9 cm³/mol. The minimum atomic E-state index is -1.11. The molecule has 0 bridgehead atoms. The Hall–Kier alpha value is -2.94. The lowest BCUT2D eigenvalue weighted by Crippen LogP contribution is -2.15. The van der Waals surface area contributed by atoms with Gasteiger partial charge in [-0.15, -0.1) is 0 Å². The van der Waals surface area contributed by atoms with Crippen LogP contribution in [-0.2, 0) is 11.3 Å². The van der Waals surface area contributed by atoms with Crippen LogP contribution in [0.15, 0.2) is 30.5 Å². The van der Waals surface area contributed by atoms with Gasteiger partial charge in [-0.05, 0) is 18.2 Å². The third-order valence-electron chi connectivity index (χ3n) is 2.58. The van der Waals surface area contributed by atoms with E-state index in [0.717, 1.165) is 10.7 Å². The number of nitrogens with zero attached hydrogens (tertiary/aromatic N) is 3. The van der Waals surface area contributed by atoms with Gasteiger partial charge in [0.2, 0.25) is 0 Å². The minimum Gasteiger partial charge on any atom is -0.480 e. The number of nitro groups is 1. The molecule has 22 heavy (non-hydrogen) atoms. The molecule has 1 aromatic carbocycles. The Morgan fingerprint density at radius 1 is 1.41 bits per heavy atom. The van der Waals surface area contributed by atoms with Crippen LogP contribution in [0, 0.1) is 10.1 Å². The smallest absolute Gasteiger partial charge is 0.325 e. The quantitative estimate of drug-likeness (QED) is 0.637. The van der Waals surface area contributed by atoms with Gasteiger partial charge in [0.05, 0.1) is 4.92 Å². The number of anilines is 1. The molecule has 0 aliphatic carbocycles. The highest BCUT2D eigenvalue weighted by Crippen LogP contribution is 2.27. The van der Waals surface area contributed by atoms with Gasteiger partial charge in [-0.25, -0.2) is 0 Å². The van der Waals surface area contributed by atoms with Gasteiger partial charge in [-0.1, -0.05) is 11.6 Å². The molecule has 0 radical (unpaired) electrons. The number of nitro benzene ring substituents is 1. The molecule has 2 rings (SSSR count). The van der Waals surface area contributed by atoms with Gasteiger partial charge in [-0.2, -0.15) is 5.10 Å². The number of hydrogen-bond donors (Lipinski definition) is 2. The number of carboxylic acids is 1. The molecule has 2 N–H and O–H groups in total. The van der Waals surface area contributed by atoms with Crippen LogP contribution in [0.3, 0.4) is 0 Å².